The highest BCUT2D eigenvalue weighted by Crippen LogP contribution is 2.35. The summed E-state index contributed by atoms with van der Waals surface area (Å²) in [6, 6.07) is 0.847. The highest BCUT2D eigenvalue weighted by Gasteiger charge is 2.36. The van der Waals surface area contributed by atoms with Crippen LogP contribution in [0.15, 0.2) is 20.0 Å². The van der Waals surface area contributed by atoms with Crippen molar-refractivity contribution in [2.45, 2.75) is 37.6 Å². The summed E-state index contributed by atoms with van der Waals surface area (Å²) in [5.41, 5.74) is 0. The van der Waals surface area contributed by atoms with Gasteiger partial charge in [0, 0.05) is 18.7 Å². The molecule has 20 heavy (non-hydrogen) atoms. The summed E-state index contributed by atoms with van der Waals surface area (Å²) in [7, 11) is -3.77. The van der Waals surface area contributed by atoms with Gasteiger partial charge in [-0.1, -0.05) is 0 Å². The van der Waals surface area contributed by atoms with E-state index in [0.29, 0.717) is 12.5 Å². The van der Waals surface area contributed by atoms with Gasteiger partial charge in [-0.3, -0.25) is 0 Å². The molecular weight excluding hydrogens is 350 g/mol. The van der Waals surface area contributed by atoms with Crippen LogP contribution in [0.5, 0.6) is 0 Å². The normalized spacial score (nSPS) is 16.1. The van der Waals surface area contributed by atoms with Gasteiger partial charge in [-0.2, -0.15) is 4.31 Å². The van der Waals surface area contributed by atoms with Crippen LogP contribution in [0.4, 0.5) is 0 Å². The van der Waals surface area contributed by atoms with Crippen LogP contribution in [0.2, 0.25) is 0 Å². The summed E-state index contributed by atoms with van der Waals surface area (Å²) in [4.78, 5) is 10.7. The molecule has 2 rings (SSSR count). The Morgan fingerprint density at radius 3 is 2.55 bits per heavy atom. The van der Waals surface area contributed by atoms with E-state index in [9.17, 15) is 13.2 Å². The molecule has 0 radical (unpaired) electrons. The number of hydrogen-bond donors (Lipinski definition) is 1. The van der Waals surface area contributed by atoms with Crippen molar-refractivity contribution in [3.05, 3.63) is 16.5 Å². The Morgan fingerprint density at radius 2 is 2.15 bits per heavy atom. The van der Waals surface area contributed by atoms with Crippen molar-refractivity contribution in [3.8, 4) is 0 Å². The van der Waals surface area contributed by atoms with Gasteiger partial charge in [0.1, 0.15) is 4.90 Å². The lowest BCUT2D eigenvalue weighted by atomic mass is 10.3. The molecule has 1 aliphatic carbocycles. The third-order valence-corrected chi connectivity index (χ3v) is 6.06. The maximum Gasteiger partial charge on any atom is 0.371 e. The van der Waals surface area contributed by atoms with Crippen LogP contribution in [0, 0.1) is 5.92 Å². The molecule has 0 bridgehead atoms. The predicted octanol–water partition coefficient (Wildman–Crippen LogP) is 2.55. The molecule has 1 aromatic rings. The third-order valence-electron chi connectivity index (χ3n) is 3.16. The summed E-state index contributed by atoms with van der Waals surface area (Å²) >= 11 is 2.98. The van der Waals surface area contributed by atoms with Crippen molar-refractivity contribution in [1.29, 1.82) is 0 Å². The smallest absolute Gasteiger partial charge is 0.371 e. The van der Waals surface area contributed by atoms with E-state index >= 15 is 0 Å². The van der Waals surface area contributed by atoms with Crippen LogP contribution >= 0.6 is 15.9 Å². The lowest BCUT2D eigenvalue weighted by Gasteiger charge is -2.25. The van der Waals surface area contributed by atoms with Crippen molar-refractivity contribution < 1.29 is 22.7 Å². The van der Waals surface area contributed by atoms with Crippen molar-refractivity contribution in [2.24, 2.45) is 5.92 Å². The van der Waals surface area contributed by atoms with E-state index in [1.54, 1.807) is 13.8 Å². The van der Waals surface area contributed by atoms with Crippen LogP contribution in [0.3, 0.4) is 0 Å². The average Bonchev–Trinajstić information content (AvgIpc) is 3.06. The van der Waals surface area contributed by atoms with Gasteiger partial charge in [0.05, 0.1) is 0 Å². The van der Waals surface area contributed by atoms with Gasteiger partial charge >= 0.3 is 5.97 Å². The van der Waals surface area contributed by atoms with Crippen LogP contribution in [-0.4, -0.2) is 36.4 Å². The Labute approximate surface area is 125 Å². The number of halogens is 1. The summed E-state index contributed by atoms with van der Waals surface area (Å²) in [6.07, 6.45) is 2.07. The number of carboxylic acid groups (broad SMARTS) is 1. The summed E-state index contributed by atoms with van der Waals surface area (Å²) < 4.78 is 31.5. The minimum atomic E-state index is -3.77. The maximum absolute atomic E-state index is 12.6. The number of aromatic carboxylic acids is 1. The first-order valence-electron chi connectivity index (χ1n) is 6.28. The monoisotopic (exact) mass is 365 g/mol. The standard InChI is InChI=1S/C12H16BrNO5S/c1-7(2)14(6-8-3-4-8)20(17,18)10-5-9(12(15)16)19-11(10)13/h5,7-8H,3-4,6H2,1-2H3,(H,15,16). The molecule has 0 amide bonds. The SMILES string of the molecule is CC(C)N(CC1CC1)S(=O)(=O)c1cc(C(=O)O)oc1Br. The maximum atomic E-state index is 12.6. The highest BCUT2D eigenvalue weighted by molar-refractivity contribution is 9.10. The molecule has 1 aliphatic rings. The summed E-state index contributed by atoms with van der Waals surface area (Å²) in [5, 5.41) is 8.87. The Balaban J connectivity index is 2.38. The molecule has 0 spiro atoms. The van der Waals surface area contributed by atoms with Crippen molar-refractivity contribution in [2.75, 3.05) is 6.54 Å². The lowest BCUT2D eigenvalue weighted by molar-refractivity contribution is 0.0661. The Bertz CT molecular complexity index is 618. The fourth-order valence-electron chi connectivity index (χ4n) is 1.90. The molecule has 0 aliphatic heterocycles. The summed E-state index contributed by atoms with van der Waals surface area (Å²) in [6.45, 7) is 4.05. The van der Waals surface area contributed by atoms with Crippen molar-refractivity contribution in [3.63, 3.8) is 0 Å². The van der Waals surface area contributed by atoms with Crippen LogP contribution in [0.1, 0.15) is 37.2 Å². The van der Waals surface area contributed by atoms with E-state index in [-0.39, 0.29) is 15.6 Å². The molecule has 6 nitrogen and oxygen atoms in total. The molecular formula is C12H16BrNO5S. The van der Waals surface area contributed by atoms with Crippen molar-refractivity contribution in [1.82, 2.24) is 4.31 Å². The van der Waals surface area contributed by atoms with Crippen LogP contribution < -0.4 is 0 Å². The topological polar surface area (TPSA) is 87.8 Å². The first-order chi connectivity index (χ1) is 9.23. The van der Waals surface area contributed by atoms with E-state index in [1.807, 2.05) is 0 Å². The Morgan fingerprint density at radius 1 is 1.55 bits per heavy atom. The minimum Gasteiger partial charge on any atom is -0.475 e. The Hall–Kier alpha value is -0.860. The van der Waals surface area contributed by atoms with Crippen molar-refractivity contribution >= 4 is 31.9 Å². The predicted molar refractivity (Wildman–Crippen MR) is 75.1 cm³/mol. The number of hydrogen-bond acceptors (Lipinski definition) is 4. The van der Waals surface area contributed by atoms with Crippen LogP contribution in [-0.2, 0) is 10.0 Å². The minimum absolute atomic E-state index is 0.0728. The number of furan rings is 1. The number of rotatable bonds is 6. The molecule has 112 valence electrons. The van der Waals surface area contributed by atoms with Gasteiger partial charge in [-0.15, -0.1) is 0 Å². The first kappa shape index (κ1) is 15.5. The zero-order valence-electron chi connectivity index (χ0n) is 11.2. The molecule has 1 aromatic heterocycles. The third kappa shape index (κ3) is 3.07. The van der Waals surface area contributed by atoms with Gasteiger partial charge in [0.2, 0.25) is 15.8 Å². The zero-order valence-corrected chi connectivity index (χ0v) is 13.6. The second kappa shape index (κ2) is 5.50. The first-order valence-corrected chi connectivity index (χ1v) is 8.51. The number of carboxylic acids is 1. The van der Waals surface area contributed by atoms with E-state index in [2.05, 4.69) is 15.9 Å². The lowest BCUT2D eigenvalue weighted by Crippen LogP contribution is -2.38. The number of sulfonamides is 1. The second-order valence-corrected chi connectivity index (χ2v) is 7.74. The van der Waals surface area contributed by atoms with E-state index < -0.39 is 21.8 Å². The second-order valence-electron chi connectivity index (χ2n) is 5.17. The quantitative estimate of drug-likeness (QED) is 0.836. The molecule has 0 saturated heterocycles. The molecule has 1 N–H and O–H groups in total. The Kier molecular flexibility index (Phi) is 4.27. The van der Waals surface area contributed by atoms with Gasteiger partial charge in [0.15, 0.2) is 4.67 Å². The molecule has 0 aromatic carbocycles. The van der Waals surface area contributed by atoms with E-state index in [0.717, 1.165) is 18.9 Å². The highest BCUT2D eigenvalue weighted by atomic mass is 79.9. The summed E-state index contributed by atoms with van der Waals surface area (Å²) in [5.74, 6) is -1.30. The van der Waals surface area contributed by atoms with Gasteiger partial charge in [-0.25, -0.2) is 13.2 Å². The fraction of sp³-hybridized carbons (Fsp3) is 0.583. The van der Waals surface area contributed by atoms with Gasteiger partial charge in [0.25, 0.3) is 0 Å². The zero-order chi connectivity index (χ0) is 15.1. The number of carbonyl (C=O) groups is 1. The molecule has 0 atom stereocenters. The van der Waals surface area contributed by atoms with E-state index in [4.69, 9.17) is 9.52 Å². The van der Waals surface area contributed by atoms with Gasteiger partial charge < -0.3 is 9.52 Å². The molecule has 1 saturated carbocycles. The van der Waals surface area contributed by atoms with Gasteiger partial charge in [-0.05, 0) is 48.5 Å². The van der Waals surface area contributed by atoms with Crippen LogP contribution in [0.25, 0.3) is 0 Å². The molecule has 1 heterocycles. The molecule has 8 heteroatoms. The number of nitrogens with zero attached hydrogens (tertiary/aromatic N) is 1. The molecule has 0 unspecified atom stereocenters. The molecule has 1 fully saturated rings. The fourth-order valence-corrected chi connectivity index (χ4v) is 4.52. The average molecular weight is 366 g/mol. The largest absolute Gasteiger partial charge is 0.475 e. The van der Waals surface area contributed by atoms with E-state index in [1.165, 1.54) is 4.31 Å².